The second-order valence-electron chi connectivity index (χ2n) is 5.19. The van der Waals surface area contributed by atoms with E-state index >= 15 is 0 Å². The summed E-state index contributed by atoms with van der Waals surface area (Å²) in [6.07, 6.45) is 4.34. The van der Waals surface area contributed by atoms with Gasteiger partial charge in [-0.15, -0.1) is 0 Å². The van der Waals surface area contributed by atoms with Crippen molar-refractivity contribution in [1.82, 2.24) is 0 Å². The Morgan fingerprint density at radius 2 is 1.89 bits per heavy atom. The summed E-state index contributed by atoms with van der Waals surface area (Å²) in [5, 5.41) is 0. The van der Waals surface area contributed by atoms with Gasteiger partial charge in [-0.25, -0.2) is 0 Å². The fourth-order valence-electron chi connectivity index (χ4n) is 2.27. The first-order valence-electron chi connectivity index (χ1n) is 6.95. The number of carbonyl (C=O) groups is 1. The van der Waals surface area contributed by atoms with E-state index in [4.69, 9.17) is 5.73 Å². The van der Waals surface area contributed by atoms with Gasteiger partial charge >= 0.3 is 0 Å². The average molecular weight is 247 g/mol. The van der Waals surface area contributed by atoms with E-state index in [-0.39, 0.29) is 6.04 Å². The van der Waals surface area contributed by atoms with Crippen molar-refractivity contribution in [2.45, 2.75) is 52.0 Å². The van der Waals surface area contributed by atoms with E-state index in [2.05, 4.69) is 13.8 Å². The third kappa shape index (κ3) is 5.46. The predicted octanol–water partition coefficient (Wildman–Crippen LogP) is 3.86. The van der Waals surface area contributed by atoms with Gasteiger partial charge in [0.05, 0.1) is 0 Å². The van der Waals surface area contributed by atoms with E-state index in [1.807, 2.05) is 30.3 Å². The number of nitrogens with two attached hydrogens (primary N) is 1. The summed E-state index contributed by atoms with van der Waals surface area (Å²) in [7, 11) is 0. The average Bonchev–Trinajstić information content (AvgIpc) is 2.37. The molecule has 0 saturated carbocycles. The van der Waals surface area contributed by atoms with Crippen LogP contribution in [0.15, 0.2) is 30.3 Å². The van der Waals surface area contributed by atoms with Gasteiger partial charge in [0.2, 0.25) is 0 Å². The molecule has 0 aromatic heterocycles. The normalized spacial score (nSPS) is 14.2. The second-order valence-corrected chi connectivity index (χ2v) is 5.19. The van der Waals surface area contributed by atoms with Crippen LogP contribution in [0.25, 0.3) is 0 Å². The number of Topliss-reactive ketones (excluding diaryl/α,β-unsaturated/α-hetero) is 1. The Morgan fingerprint density at radius 1 is 1.22 bits per heavy atom. The van der Waals surface area contributed by atoms with E-state index in [1.165, 1.54) is 0 Å². The maximum absolute atomic E-state index is 11.8. The summed E-state index contributed by atoms with van der Waals surface area (Å²) in [6, 6.07) is 9.98. The van der Waals surface area contributed by atoms with Crippen molar-refractivity contribution in [2.24, 2.45) is 11.7 Å². The molecular formula is C16H25NO. The lowest BCUT2D eigenvalue weighted by atomic mass is 9.95. The standard InChI is InChI=1S/C16H25NO/c1-3-7-13(2)12-15(18)10-11-16(17)14-8-5-4-6-9-14/h4-6,8-9,13,16H,3,7,10-12,17H2,1-2H3. The molecule has 0 radical (unpaired) electrons. The van der Waals surface area contributed by atoms with E-state index in [0.717, 1.165) is 24.8 Å². The topological polar surface area (TPSA) is 43.1 Å². The Morgan fingerprint density at radius 3 is 2.50 bits per heavy atom. The molecule has 2 atom stereocenters. The lowest BCUT2D eigenvalue weighted by Crippen LogP contribution is -2.13. The molecule has 2 nitrogen and oxygen atoms in total. The molecular weight excluding hydrogens is 222 g/mol. The van der Waals surface area contributed by atoms with Crippen molar-refractivity contribution < 1.29 is 4.79 Å². The SMILES string of the molecule is CCCC(C)CC(=O)CCC(N)c1ccccc1. The number of ketones is 1. The summed E-state index contributed by atoms with van der Waals surface area (Å²) < 4.78 is 0. The quantitative estimate of drug-likeness (QED) is 0.758. The first-order chi connectivity index (χ1) is 8.63. The number of rotatable bonds is 8. The van der Waals surface area contributed by atoms with Crippen LogP contribution in [0, 0.1) is 5.92 Å². The van der Waals surface area contributed by atoms with Crippen LogP contribution in [-0.4, -0.2) is 5.78 Å². The van der Waals surface area contributed by atoms with Crippen molar-refractivity contribution in [3.63, 3.8) is 0 Å². The molecule has 1 aromatic rings. The summed E-state index contributed by atoms with van der Waals surface area (Å²) in [4.78, 5) is 11.8. The van der Waals surface area contributed by atoms with E-state index in [1.54, 1.807) is 0 Å². The Kier molecular flexibility index (Phi) is 6.66. The fourth-order valence-corrected chi connectivity index (χ4v) is 2.27. The van der Waals surface area contributed by atoms with Crippen molar-refractivity contribution in [3.05, 3.63) is 35.9 Å². The molecule has 2 N–H and O–H groups in total. The molecule has 0 spiro atoms. The van der Waals surface area contributed by atoms with Crippen molar-refractivity contribution in [2.75, 3.05) is 0 Å². The Hall–Kier alpha value is -1.15. The highest BCUT2D eigenvalue weighted by Gasteiger charge is 2.11. The Balaban J connectivity index is 2.30. The fraction of sp³-hybridized carbons (Fsp3) is 0.562. The molecule has 0 heterocycles. The van der Waals surface area contributed by atoms with E-state index < -0.39 is 0 Å². The van der Waals surface area contributed by atoms with Crippen molar-refractivity contribution in [3.8, 4) is 0 Å². The van der Waals surface area contributed by atoms with Gasteiger partial charge in [0.25, 0.3) is 0 Å². The molecule has 100 valence electrons. The van der Waals surface area contributed by atoms with Gasteiger partial charge in [-0.05, 0) is 17.9 Å². The minimum atomic E-state index is -0.0170. The summed E-state index contributed by atoms with van der Waals surface area (Å²) in [5.74, 6) is 0.859. The predicted molar refractivity (Wildman–Crippen MR) is 76.3 cm³/mol. The van der Waals surface area contributed by atoms with Crippen molar-refractivity contribution in [1.29, 1.82) is 0 Å². The molecule has 0 bridgehead atoms. The summed E-state index contributed by atoms with van der Waals surface area (Å²) in [5.41, 5.74) is 7.20. The molecule has 0 aliphatic carbocycles. The van der Waals surface area contributed by atoms with Gasteiger partial charge < -0.3 is 5.73 Å². The van der Waals surface area contributed by atoms with Gasteiger partial charge in [0, 0.05) is 18.9 Å². The number of hydrogen-bond donors (Lipinski definition) is 1. The Bertz CT molecular complexity index is 347. The van der Waals surface area contributed by atoms with Crippen LogP contribution >= 0.6 is 0 Å². The monoisotopic (exact) mass is 247 g/mol. The third-order valence-corrected chi connectivity index (χ3v) is 3.32. The van der Waals surface area contributed by atoms with Gasteiger partial charge in [-0.1, -0.05) is 57.0 Å². The molecule has 18 heavy (non-hydrogen) atoms. The number of benzene rings is 1. The van der Waals surface area contributed by atoms with E-state index in [0.29, 0.717) is 24.5 Å². The molecule has 0 fully saturated rings. The van der Waals surface area contributed by atoms with Gasteiger partial charge in [-0.3, -0.25) is 4.79 Å². The molecule has 1 rings (SSSR count). The zero-order chi connectivity index (χ0) is 13.4. The van der Waals surface area contributed by atoms with Crippen LogP contribution in [-0.2, 0) is 4.79 Å². The van der Waals surface area contributed by atoms with Crippen LogP contribution in [0.2, 0.25) is 0 Å². The van der Waals surface area contributed by atoms with Crippen LogP contribution in [0.1, 0.15) is 57.6 Å². The lowest BCUT2D eigenvalue weighted by Gasteiger charge is -2.13. The zero-order valence-corrected chi connectivity index (χ0v) is 11.6. The molecule has 2 heteroatoms. The van der Waals surface area contributed by atoms with Crippen LogP contribution < -0.4 is 5.73 Å². The van der Waals surface area contributed by atoms with Gasteiger partial charge in [-0.2, -0.15) is 0 Å². The smallest absolute Gasteiger partial charge is 0.133 e. The maximum Gasteiger partial charge on any atom is 0.133 e. The van der Waals surface area contributed by atoms with Crippen LogP contribution in [0.4, 0.5) is 0 Å². The van der Waals surface area contributed by atoms with Crippen LogP contribution in [0.3, 0.4) is 0 Å². The minimum absolute atomic E-state index is 0.0170. The highest BCUT2D eigenvalue weighted by atomic mass is 16.1. The first-order valence-corrected chi connectivity index (χ1v) is 6.95. The first kappa shape index (κ1) is 14.9. The highest BCUT2D eigenvalue weighted by molar-refractivity contribution is 5.78. The number of carbonyl (C=O) groups excluding carboxylic acids is 1. The molecule has 2 unspecified atom stereocenters. The van der Waals surface area contributed by atoms with Gasteiger partial charge in [0.15, 0.2) is 0 Å². The summed E-state index contributed by atoms with van der Waals surface area (Å²) >= 11 is 0. The summed E-state index contributed by atoms with van der Waals surface area (Å²) in [6.45, 7) is 4.31. The molecule has 0 amide bonds. The minimum Gasteiger partial charge on any atom is -0.324 e. The molecule has 0 aliphatic rings. The number of hydrogen-bond acceptors (Lipinski definition) is 2. The molecule has 1 aromatic carbocycles. The van der Waals surface area contributed by atoms with Crippen molar-refractivity contribution >= 4 is 5.78 Å². The maximum atomic E-state index is 11.8. The highest BCUT2D eigenvalue weighted by Crippen LogP contribution is 2.18. The van der Waals surface area contributed by atoms with Gasteiger partial charge in [0.1, 0.15) is 5.78 Å². The van der Waals surface area contributed by atoms with E-state index in [9.17, 15) is 4.79 Å². The third-order valence-electron chi connectivity index (χ3n) is 3.32. The van der Waals surface area contributed by atoms with Crippen LogP contribution in [0.5, 0.6) is 0 Å². The zero-order valence-electron chi connectivity index (χ0n) is 11.6. The largest absolute Gasteiger partial charge is 0.324 e. The lowest BCUT2D eigenvalue weighted by molar-refractivity contribution is -0.120. The molecule has 0 aliphatic heterocycles. The molecule has 0 saturated heterocycles. The second kappa shape index (κ2) is 8.04. The Labute approximate surface area is 111 Å².